The number of nitrogens with two attached hydrogens (primary N) is 1. The predicted octanol–water partition coefficient (Wildman–Crippen LogP) is 5.24. The van der Waals surface area contributed by atoms with E-state index in [0.717, 1.165) is 39.2 Å². The van der Waals surface area contributed by atoms with Gasteiger partial charge in [-0.2, -0.15) is 0 Å². The van der Waals surface area contributed by atoms with Gasteiger partial charge in [0, 0.05) is 16.8 Å². The van der Waals surface area contributed by atoms with Crippen molar-refractivity contribution in [1.29, 1.82) is 0 Å². The molecule has 0 bridgehead atoms. The SMILES string of the molecule is CCOc1cccc(COc2ccc(Nc3ncnc4ccc(N)cc34)cc2C)c1. The van der Waals surface area contributed by atoms with Crippen LogP contribution in [-0.4, -0.2) is 16.6 Å². The summed E-state index contributed by atoms with van der Waals surface area (Å²) in [5, 5.41) is 4.24. The summed E-state index contributed by atoms with van der Waals surface area (Å²) in [4.78, 5) is 8.67. The molecule has 0 saturated heterocycles. The van der Waals surface area contributed by atoms with Gasteiger partial charge in [0.1, 0.15) is 30.3 Å². The molecule has 6 heteroatoms. The maximum atomic E-state index is 6.02. The summed E-state index contributed by atoms with van der Waals surface area (Å²) in [5.74, 6) is 2.40. The highest BCUT2D eigenvalue weighted by Gasteiger charge is 2.07. The average molecular weight is 400 g/mol. The fraction of sp³-hybridized carbons (Fsp3) is 0.167. The third kappa shape index (κ3) is 4.43. The molecule has 4 rings (SSSR count). The van der Waals surface area contributed by atoms with Crippen LogP contribution in [0.4, 0.5) is 17.2 Å². The molecule has 0 aliphatic rings. The topological polar surface area (TPSA) is 82.3 Å². The molecule has 6 nitrogen and oxygen atoms in total. The Morgan fingerprint density at radius 2 is 1.87 bits per heavy atom. The summed E-state index contributed by atoms with van der Waals surface area (Å²) < 4.78 is 11.6. The fourth-order valence-electron chi connectivity index (χ4n) is 3.25. The number of anilines is 3. The van der Waals surface area contributed by atoms with Crippen LogP contribution in [0.25, 0.3) is 10.9 Å². The average Bonchev–Trinajstić information content (AvgIpc) is 2.74. The van der Waals surface area contributed by atoms with Crippen molar-refractivity contribution < 1.29 is 9.47 Å². The van der Waals surface area contributed by atoms with Crippen molar-refractivity contribution in [3.63, 3.8) is 0 Å². The first-order valence-electron chi connectivity index (χ1n) is 9.85. The zero-order chi connectivity index (χ0) is 20.9. The van der Waals surface area contributed by atoms with Gasteiger partial charge >= 0.3 is 0 Å². The number of ether oxygens (including phenoxy) is 2. The molecule has 152 valence electrons. The largest absolute Gasteiger partial charge is 0.494 e. The lowest BCUT2D eigenvalue weighted by molar-refractivity contribution is 0.301. The Bertz CT molecular complexity index is 1180. The molecule has 0 unspecified atom stereocenters. The van der Waals surface area contributed by atoms with E-state index >= 15 is 0 Å². The number of hydrogen-bond acceptors (Lipinski definition) is 6. The standard InChI is InChI=1S/C24H24N4O2/c1-3-29-20-6-4-5-17(12-20)14-30-23-10-8-19(11-16(23)2)28-24-21-13-18(25)7-9-22(21)26-15-27-24/h4-13,15H,3,14,25H2,1-2H3,(H,26,27,28). The zero-order valence-electron chi connectivity index (χ0n) is 17.1. The molecule has 0 amide bonds. The minimum atomic E-state index is 0.477. The fourth-order valence-corrected chi connectivity index (χ4v) is 3.25. The number of fused-ring (bicyclic) bond motifs is 1. The van der Waals surface area contributed by atoms with E-state index in [1.54, 1.807) is 6.33 Å². The van der Waals surface area contributed by atoms with E-state index in [4.69, 9.17) is 15.2 Å². The number of aromatic nitrogens is 2. The normalized spacial score (nSPS) is 10.7. The van der Waals surface area contributed by atoms with Crippen molar-refractivity contribution in [3.05, 3.63) is 78.1 Å². The first kappa shape index (κ1) is 19.5. The summed E-state index contributed by atoms with van der Waals surface area (Å²) in [5.41, 5.74) is 10.5. The number of nitrogens with zero attached hydrogens (tertiary/aromatic N) is 2. The van der Waals surface area contributed by atoms with Crippen LogP contribution >= 0.6 is 0 Å². The maximum absolute atomic E-state index is 6.02. The zero-order valence-corrected chi connectivity index (χ0v) is 17.1. The van der Waals surface area contributed by atoms with Crippen LogP contribution in [0.3, 0.4) is 0 Å². The first-order valence-corrected chi connectivity index (χ1v) is 9.85. The highest BCUT2D eigenvalue weighted by atomic mass is 16.5. The summed E-state index contributed by atoms with van der Waals surface area (Å²) in [6.45, 7) is 5.12. The molecule has 0 aliphatic heterocycles. The van der Waals surface area contributed by atoms with Gasteiger partial charge in [-0.3, -0.25) is 0 Å². The smallest absolute Gasteiger partial charge is 0.141 e. The van der Waals surface area contributed by atoms with E-state index in [2.05, 4.69) is 15.3 Å². The Morgan fingerprint density at radius 3 is 2.70 bits per heavy atom. The van der Waals surface area contributed by atoms with Gasteiger partial charge in [0.25, 0.3) is 0 Å². The van der Waals surface area contributed by atoms with Crippen LogP contribution in [0, 0.1) is 6.92 Å². The number of hydrogen-bond donors (Lipinski definition) is 2. The van der Waals surface area contributed by atoms with Gasteiger partial charge in [-0.1, -0.05) is 12.1 Å². The summed E-state index contributed by atoms with van der Waals surface area (Å²) in [7, 11) is 0. The molecule has 0 radical (unpaired) electrons. The van der Waals surface area contributed by atoms with E-state index in [0.29, 0.717) is 24.7 Å². The quantitative estimate of drug-likeness (QED) is 0.413. The molecule has 30 heavy (non-hydrogen) atoms. The van der Waals surface area contributed by atoms with Crippen molar-refractivity contribution in [2.45, 2.75) is 20.5 Å². The molecular formula is C24H24N4O2. The third-order valence-electron chi connectivity index (χ3n) is 4.70. The molecule has 1 heterocycles. The summed E-state index contributed by atoms with van der Waals surface area (Å²) in [6.07, 6.45) is 1.54. The highest BCUT2D eigenvalue weighted by Crippen LogP contribution is 2.28. The Balaban J connectivity index is 1.49. The molecule has 1 aromatic heterocycles. The van der Waals surface area contributed by atoms with Gasteiger partial charge in [-0.25, -0.2) is 9.97 Å². The van der Waals surface area contributed by atoms with E-state index in [1.807, 2.05) is 74.5 Å². The van der Waals surface area contributed by atoms with Crippen LogP contribution in [-0.2, 0) is 6.61 Å². The molecule has 0 atom stereocenters. The Morgan fingerprint density at radius 1 is 0.967 bits per heavy atom. The van der Waals surface area contributed by atoms with Crippen LogP contribution in [0.2, 0.25) is 0 Å². The van der Waals surface area contributed by atoms with E-state index in [1.165, 1.54) is 0 Å². The van der Waals surface area contributed by atoms with Crippen LogP contribution in [0.15, 0.2) is 67.0 Å². The van der Waals surface area contributed by atoms with Gasteiger partial charge < -0.3 is 20.5 Å². The lowest BCUT2D eigenvalue weighted by Gasteiger charge is -2.13. The van der Waals surface area contributed by atoms with Crippen molar-refractivity contribution >= 4 is 28.1 Å². The van der Waals surface area contributed by atoms with Crippen LogP contribution < -0.4 is 20.5 Å². The number of nitrogen functional groups attached to an aromatic ring is 1. The van der Waals surface area contributed by atoms with E-state index in [9.17, 15) is 0 Å². The minimum Gasteiger partial charge on any atom is -0.494 e. The highest BCUT2D eigenvalue weighted by molar-refractivity contribution is 5.92. The number of nitrogens with one attached hydrogen (secondary N) is 1. The van der Waals surface area contributed by atoms with Crippen LogP contribution in [0.1, 0.15) is 18.1 Å². The second-order valence-electron chi connectivity index (χ2n) is 6.97. The molecule has 0 saturated carbocycles. The Hall–Kier alpha value is -3.80. The predicted molar refractivity (Wildman–Crippen MR) is 120 cm³/mol. The number of benzene rings is 3. The van der Waals surface area contributed by atoms with Gasteiger partial charge in [0.2, 0.25) is 0 Å². The molecule has 3 aromatic carbocycles. The van der Waals surface area contributed by atoms with Crippen molar-refractivity contribution in [2.24, 2.45) is 0 Å². The molecule has 3 N–H and O–H groups in total. The van der Waals surface area contributed by atoms with Gasteiger partial charge in [0.15, 0.2) is 0 Å². The maximum Gasteiger partial charge on any atom is 0.141 e. The van der Waals surface area contributed by atoms with Crippen molar-refractivity contribution in [2.75, 3.05) is 17.7 Å². The van der Waals surface area contributed by atoms with E-state index in [-0.39, 0.29) is 0 Å². The van der Waals surface area contributed by atoms with Crippen molar-refractivity contribution in [1.82, 2.24) is 9.97 Å². The molecular weight excluding hydrogens is 376 g/mol. The van der Waals surface area contributed by atoms with E-state index < -0.39 is 0 Å². The number of rotatable bonds is 7. The van der Waals surface area contributed by atoms with Crippen molar-refractivity contribution in [3.8, 4) is 11.5 Å². The van der Waals surface area contributed by atoms with Gasteiger partial charge in [0.05, 0.1) is 12.1 Å². The molecule has 0 aliphatic carbocycles. The Labute approximate surface area is 175 Å². The second kappa shape index (κ2) is 8.69. The lowest BCUT2D eigenvalue weighted by atomic mass is 10.1. The number of aryl methyl sites for hydroxylation is 1. The molecule has 4 aromatic rings. The molecule has 0 fully saturated rings. The molecule has 0 spiro atoms. The summed E-state index contributed by atoms with van der Waals surface area (Å²) in [6, 6.07) is 19.5. The van der Waals surface area contributed by atoms with Gasteiger partial charge in [-0.15, -0.1) is 0 Å². The first-order chi connectivity index (χ1) is 14.6. The second-order valence-corrected chi connectivity index (χ2v) is 6.97. The minimum absolute atomic E-state index is 0.477. The third-order valence-corrected chi connectivity index (χ3v) is 4.70. The van der Waals surface area contributed by atoms with Gasteiger partial charge in [-0.05, 0) is 73.5 Å². The summed E-state index contributed by atoms with van der Waals surface area (Å²) >= 11 is 0. The van der Waals surface area contributed by atoms with Crippen LogP contribution in [0.5, 0.6) is 11.5 Å². The Kier molecular flexibility index (Phi) is 5.66. The monoisotopic (exact) mass is 400 g/mol. The lowest BCUT2D eigenvalue weighted by Crippen LogP contribution is -2.00.